The minimum absolute atomic E-state index is 0.0801. The Labute approximate surface area is 100 Å². The van der Waals surface area contributed by atoms with Gasteiger partial charge in [-0.05, 0) is 25.0 Å². The molecule has 0 bridgehead atoms. The van der Waals surface area contributed by atoms with Gasteiger partial charge in [0.1, 0.15) is 0 Å². The summed E-state index contributed by atoms with van der Waals surface area (Å²) in [7, 11) is 1.42. The fourth-order valence-electron chi connectivity index (χ4n) is 2.37. The summed E-state index contributed by atoms with van der Waals surface area (Å²) in [4.78, 5) is 11.0. The Morgan fingerprint density at radius 3 is 3.25 bits per heavy atom. The fourth-order valence-corrected chi connectivity index (χ4v) is 3.74. The second-order valence-corrected chi connectivity index (χ2v) is 5.59. The molecule has 2 fully saturated rings. The fraction of sp³-hybridized carbons (Fsp3) is 0.909. The third-order valence-electron chi connectivity index (χ3n) is 3.32. The van der Waals surface area contributed by atoms with Crippen LogP contribution in [0.25, 0.3) is 0 Å². The highest BCUT2D eigenvalue weighted by Gasteiger charge is 2.40. The van der Waals surface area contributed by atoms with E-state index in [1.807, 2.05) is 11.8 Å². The molecule has 16 heavy (non-hydrogen) atoms. The minimum atomic E-state index is -0.193. The molecule has 2 unspecified atom stereocenters. The number of nitrogens with one attached hydrogen (secondary N) is 1. The van der Waals surface area contributed by atoms with E-state index in [0.29, 0.717) is 12.6 Å². The number of carbonyl (C=O) groups is 1. The van der Waals surface area contributed by atoms with Crippen molar-refractivity contribution in [2.24, 2.45) is 0 Å². The predicted octanol–water partition coefficient (Wildman–Crippen LogP) is 0.804. The number of hydrogen-bond acceptors (Lipinski definition) is 5. The van der Waals surface area contributed by atoms with E-state index < -0.39 is 0 Å². The van der Waals surface area contributed by atoms with E-state index in [2.05, 4.69) is 10.1 Å². The number of ether oxygens (including phenoxy) is 2. The van der Waals surface area contributed by atoms with Crippen LogP contribution in [0.1, 0.15) is 19.3 Å². The summed E-state index contributed by atoms with van der Waals surface area (Å²) in [6, 6.07) is 0.395. The van der Waals surface area contributed by atoms with E-state index in [0.717, 1.165) is 31.6 Å². The summed E-state index contributed by atoms with van der Waals surface area (Å²) in [5.74, 6) is 2.11. The molecular weight excluding hydrogens is 226 g/mol. The largest absolute Gasteiger partial charge is 0.468 e. The quantitative estimate of drug-likeness (QED) is 0.745. The van der Waals surface area contributed by atoms with Gasteiger partial charge in [-0.2, -0.15) is 11.8 Å². The van der Waals surface area contributed by atoms with Crippen molar-refractivity contribution in [3.05, 3.63) is 0 Å². The van der Waals surface area contributed by atoms with Crippen molar-refractivity contribution in [2.45, 2.75) is 30.9 Å². The summed E-state index contributed by atoms with van der Waals surface area (Å²) in [5, 5.41) is 3.26. The zero-order valence-corrected chi connectivity index (χ0v) is 10.5. The molecule has 0 saturated carbocycles. The molecule has 0 amide bonds. The van der Waals surface area contributed by atoms with Gasteiger partial charge in [0.05, 0.1) is 19.3 Å². The number of hydrogen-bond donors (Lipinski definition) is 1. The van der Waals surface area contributed by atoms with Crippen molar-refractivity contribution >= 4 is 17.7 Å². The monoisotopic (exact) mass is 245 g/mol. The maximum atomic E-state index is 11.0. The van der Waals surface area contributed by atoms with Crippen LogP contribution in [-0.4, -0.2) is 49.4 Å². The van der Waals surface area contributed by atoms with Gasteiger partial charge in [-0.1, -0.05) is 0 Å². The zero-order chi connectivity index (χ0) is 11.4. The van der Waals surface area contributed by atoms with Gasteiger partial charge in [-0.3, -0.25) is 4.79 Å². The molecule has 2 aliphatic heterocycles. The second kappa shape index (κ2) is 5.38. The molecule has 92 valence electrons. The van der Waals surface area contributed by atoms with Gasteiger partial charge in [0.25, 0.3) is 0 Å². The third kappa shape index (κ3) is 2.90. The summed E-state index contributed by atoms with van der Waals surface area (Å²) in [6.07, 6.45) is 3.16. The summed E-state index contributed by atoms with van der Waals surface area (Å²) in [6.45, 7) is 1.11. The molecule has 2 rings (SSSR count). The van der Waals surface area contributed by atoms with E-state index in [1.54, 1.807) is 0 Å². The molecule has 0 aliphatic carbocycles. The molecule has 5 heteroatoms. The Balaban J connectivity index is 1.80. The van der Waals surface area contributed by atoms with Crippen LogP contribution in [0.5, 0.6) is 0 Å². The van der Waals surface area contributed by atoms with Crippen molar-refractivity contribution in [3.8, 4) is 0 Å². The normalized spacial score (nSPS) is 34.2. The first kappa shape index (κ1) is 12.2. The minimum Gasteiger partial charge on any atom is -0.468 e. The van der Waals surface area contributed by atoms with Crippen LogP contribution < -0.4 is 5.32 Å². The SMILES string of the molecule is COC(=O)CNC1CCOC2(CCSC2)C1. The zero-order valence-electron chi connectivity index (χ0n) is 9.66. The van der Waals surface area contributed by atoms with Crippen molar-refractivity contribution in [1.82, 2.24) is 5.32 Å². The van der Waals surface area contributed by atoms with Crippen LogP contribution in [0, 0.1) is 0 Å². The lowest BCUT2D eigenvalue weighted by molar-refractivity contribution is -0.140. The molecule has 2 aliphatic rings. The van der Waals surface area contributed by atoms with Crippen LogP contribution in [0.3, 0.4) is 0 Å². The Bertz CT molecular complexity index is 254. The Morgan fingerprint density at radius 1 is 1.69 bits per heavy atom. The first-order valence-corrected chi connectivity index (χ1v) is 6.91. The molecule has 0 radical (unpaired) electrons. The molecule has 1 N–H and O–H groups in total. The van der Waals surface area contributed by atoms with Crippen LogP contribution in [0.4, 0.5) is 0 Å². The second-order valence-electron chi connectivity index (χ2n) is 4.48. The molecule has 2 saturated heterocycles. The summed E-state index contributed by atoms with van der Waals surface area (Å²) in [5.41, 5.74) is 0.0801. The highest BCUT2D eigenvalue weighted by atomic mass is 32.2. The highest BCUT2D eigenvalue weighted by Crippen LogP contribution is 2.38. The topological polar surface area (TPSA) is 47.6 Å². The van der Waals surface area contributed by atoms with Crippen molar-refractivity contribution in [3.63, 3.8) is 0 Å². The van der Waals surface area contributed by atoms with Gasteiger partial charge in [-0.15, -0.1) is 0 Å². The van der Waals surface area contributed by atoms with Gasteiger partial charge >= 0.3 is 5.97 Å². The van der Waals surface area contributed by atoms with E-state index in [1.165, 1.54) is 12.9 Å². The number of rotatable bonds is 3. The lowest BCUT2D eigenvalue weighted by Crippen LogP contribution is -2.48. The lowest BCUT2D eigenvalue weighted by Gasteiger charge is -2.38. The number of esters is 1. The van der Waals surface area contributed by atoms with E-state index in [4.69, 9.17) is 4.74 Å². The van der Waals surface area contributed by atoms with Crippen molar-refractivity contribution in [1.29, 1.82) is 0 Å². The first-order chi connectivity index (χ1) is 7.74. The summed E-state index contributed by atoms with van der Waals surface area (Å²) >= 11 is 1.97. The molecule has 2 atom stereocenters. The number of carbonyl (C=O) groups excluding carboxylic acids is 1. The smallest absolute Gasteiger partial charge is 0.319 e. The number of thioether (sulfide) groups is 1. The maximum absolute atomic E-state index is 11.0. The lowest BCUT2D eigenvalue weighted by atomic mass is 9.90. The van der Waals surface area contributed by atoms with E-state index >= 15 is 0 Å². The molecule has 0 aromatic carbocycles. The Hall–Kier alpha value is -0.260. The average molecular weight is 245 g/mol. The van der Waals surface area contributed by atoms with Crippen molar-refractivity contribution in [2.75, 3.05) is 31.8 Å². The standard InChI is InChI=1S/C11H19NO3S/c1-14-10(13)7-12-9-2-4-15-11(6-9)3-5-16-8-11/h9,12H,2-8H2,1H3. The first-order valence-electron chi connectivity index (χ1n) is 5.76. The predicted molar refractivity (Wildman–Crippen MR) is 63.7 cm³/mol. The molecule has 4 nitrogen and oxygen atoms in total. The Kier molecular flexibility index (Phi) is 4.10. The van der Waals surface area contributed by atoms with Gasteiger partial charge in [0.15, 0.2) is 0 Å². The van der Waals surface area contributed by atoms with Crippen LogP contribution in [0.15, 0.2) is 0 Å². The molecule has 0 aromatic rings. The van der Waals surface area contributed by atoms with Gasteiger partial charge in [0, 0.05) is 18.4 Å². The van der Waals surface area contributed by atoms with Gasteiger partial charge in [0.2, 0.25) is 0 Å². The molecule has 2 heterocycles. The van der Waals surface area contributed by atoms with E-state index in [9.17, 15) is 4.79 Å². The molecular formula is C11H19NO3S. The number of methoxy groups -OCH3 is 1. The third-order valence-corrected chi connectivity index (χ3v) is 4.55. The van der Waals surface area contributed by atoms with Crippen molar-refractivity contribution < 1.29 is 14.3 Å². The van der Waals surface area contributed by atoms with Gasteiger partial charge in [-0.25, -0.2) is 0 Å². The van der Waals surface area contributed by atoms with Crippen LogP contribution in [-0.2, 0) is 14.3 Å². The van der Waals surface area contributed by atoms with E-state index in [-0.39, 0.29) is 11.6 Å². The Morgan fingerprint density at radius 2 is 2.56 bits per heavy atom. The van der Waals surface area contributed by atoms with Crippen LogP contribution >= 0.6 is 11.8 Å². The molecule has 0 aromatic heterocycles. The summed E-state index contributed by atoms with van der Waals surface area (Å²) < 4.78 is 10.5. The highest BCUT2D eigenvalue weighted by molar-refractivity contribution is 7.99. The maximum Gasteiger partial charge on any atom is 0.319 e. The van der Waals surface area contributed by atoms with Crippen LogP contribution in [0.2, 0.25) is 0 Å². The molecule has 1 spiro atoms. The van der Waals surface area contributed by atoms with Gasteiger partial charge < -0.3 is 14.8 Å². The average Bonchev–Trinajstić information content (AvgIpc) is 2.74.